The van der Waals surface area contributed by atoms with Crippen LogP contribution >= 0.6 is 0 Å². The lowest BCUT2D eigenvalue weighted by Gasteiger charge is -2.12. The summed E-state index contributed by atoms with van der Waals surface area (Å²) in [5.41, 5.74) is 2.91. The van der Waals surface area contributed by atoms with Crippen molar-refractivity contribution in [3.8, 4) is 16.9 Å². The summed E-state index contributed by atoms with van der Waals surface area (Å²) in [6.45, 7) is 3.59. The number of ether oxygens (including phenoxy) is 1. The maximum atomic E-state index is 13.8. The molecule has 164 valence electrons. The highest BCUT2D eigenvalue weighted by Crippen LogP contribution is 2.42. The second kappa shape index (κ2) is 8.05. The smallest absolute Gasteiger partial charge is 0.217 e. The Hall–Kier alpha value is -2.78. The van der Waals surface area contributed by atoms with Gasteiger partial charge in [0.1, 0.15) is 6.61 Å². The van der Waals surface area contributed by atoms with Crippen LogP contribution in [0.1, 0.15) is 36.8 Å². The van der Waals surface area contributed by atoms with E-state index in [9.17, 15) is 17.2 Å². The fourth-order valence-electron chi connectivity index (χ4n) is 3.21. The molecule has 1 heterocycles. The standard InChI is InChI=1S/C22H22F2N2O4S/c1-14-20(19(30-26-14)13-29-18-5-3-4-17(23)21(18)24)16-8-6-15(7-9-16)12-25-31(27,28)22(2)10-11-22/h3-9,25H,10-13H2,1-2H3. The van der Waals surface area contributed by atoms with E-state index in [2.05, 4.69) is 9.88 Å². The molecule has 0 unspecified atom stereocenters. The number of aryl methyl sites for hydroxylation is 1. The molecule has 6 nitrogen and oxygen atoms in total. The second-order valence-electron chi connectivity index (χ2n) is 7.88. The summed E-state index contributed by atoms with van der Waals surface area (Å²) in [7, 11) is -3.34. The fraction of sp³-hybridized carbons (Fsp3) is 0.318. The van der Waals surface area contributed by atoms with Gasteiger partial charge in [-0.3, -0.25) is 0 Å². The molecule has 1 aliphatic carbocycles. The highest BCUT2D eigenvalue weighted by Gasteiger charge is 2.49. The van der Waals surface area contributed by atoms with E-state index in [1.165, 1.54) is 12.1 Å². The predicted octanol–water partition coefficient (Wildman–Crippen LogP) is 4.48. The molecule has 1 aliphatic rings. The number of rotatable bonds is 8. The number of nitrogens with zero attached hydrogens (tertiary/aromatic N) is 1. The van der Waals surface area contributed by atoms with Crippen LogP contribution in [0.3, 0.4) is 0 Å². The van der Waals surface area contributed by atoms with Gasteiger partial charge in [0.05, 0.1) is 16.0 Å². The molecule has 0 atom stereocenters. The van der Waals surface area contributed by atoms with Crippen LogP contribution in [-0.2, 0) is 23.2 Å². The van der Waals surface area contributed by atoms with Crippen LogP contribution in [0.15, 0.2) is 47.0 Å². The van der Waals surface area contributed by atoms with Crippen LogP contribution in [0.25, 0.3) is 11.1 Å². The van der Waals surface area contributed by atoms with Gasteiger partial charge in [-0.15, -0.1) is 0 Å². The van der Waals surface area contributed by atoms with Crippen LogP contribution in [0.5, 0.6) is 5.75 Å². The van der Waals surface area contributed by atoms with Crippen molar-refractivity contribution in [3.63, 3.8) is 0 Å². The van der Waals surface area contributed by atoms with E-state index in [0.717, 1.165) is 17.2 Å². The first-order valence-corrected chi connectivity index (χ1v) is 11.3. The van der Waals surface area contributed by atoms with Gasteiger partial charge in [-0.05, 0) is 49.9 Å². The van der Waals surface area contributed by atoms with Gasteiger partial charge >= 0.3 is 0 Å². The molecule has 0 bridgehead atoms. The first-order chi connectivity index (χ1) is 14.7. The highest BCUT2D eigenvalue weighted by atomic mass is 32.2. The van der Waals surface area contributed by atoms with Crippen molar-refractivity contribution in [3.05, 3.63) is 71.1 Å². The molecule has 0 radical (unpaired) electrons. The zero-order valence-corrected chi connectivity index (χ0v) is 17.9. The third kappa shape index (κ3) is 4.33. The Bertz CT molecular complexity index is 1200. The molecule has 31 heavy (non-hydrogen) atoms. The maximum absolute atomic E-state index is 13.8. The minimum absolute atomic E-state index is 0.128. The predicted molar refractivity (Wildman–Crippen MR) is 111 cm³/mol. The second-order valence-corrected chi connectivity index (χ2v) is 10.2. The first kappa shape index (κ1) is 21.5. The molecule has 0 amide bonds. The normalized spacial score (nSPS) is 15.1. The Morgan fingerprint density at radius 3 is 2.55 bits per heavy atom. The Morgan fingerprint density at radius 2 is 1.87 bits per heavy atom. The van der Waals surface area contributed by atoms with Crippen molar-refractivity contribution in [2.45, 2.75) is 44.6 Å². The number of nitrogens with one attached hydrogen (secondary N) is 1. The zero-order chi connectivity index (χ0) is 22.2. The Morgan fingerprint density at radius 1 is 1.16 bits per heavy atom. The van der Waals surface area contributed by atoms with E-state index in [0.29, 0.717) is 29.9 Å². The highest BCUT2D eigenvalue weighted by molar-refractivity contribution is 7.91. The summed E-state index contributed by atoms with van der Waals surface area (Å²) in [6.07, 6.45) is 1.36. The van der Waals surface area contributed by atoms with Gasteiger partial charge in [0.2, 0.25) is 15.8 Å². The van der Waals surface area contributed by atoms with E-state index >= 15 is 0 Å². The summed E-state index contributed by atoms with van der Waals surface area (Å²) in [6, 6.07) is 11.0. The molecule has 0 saturated heterocycles. The van der Waals surface area contributed by atoms with Crippen molar-refractivity contribution in [2.75, 3.05) is 0 Å². The van der Waals surface area contributed by atoms with Crippen molar-refractivity contribution in [1.29, 1.82) is 0 Å². The van der Waals surface area contributed by atoms with Gasteiger partial charge in [0.15, 0.2) is 17.3 Å². The molecular formula is C22H22F2N2O4S. The van der Waals surface area contributed by atoms with E-state index in [-0.39, 0.29) is 18.9 Å². The number of halogens is 2. The van der Waals surface area contributed by atoms with Crippen molar-refractivity contribution >= 4 is 10.0 Å². The molecule has 1 fully saturated rings. The average Bonchev–Trinajstić information content (AvgIpc) is 3.41. The monoisotopic (exact) mass is 448 g/mol. The third-order valence-electron chi connectivity index (χ3n) is 5.52. The summed E-state index contributed by atoms with van der Waals surface area (Å²) in [5, 5.41) is 3.96. The summed E-state index contributed by atoms with van der Waals surface area (Å²) in [4.78, 5) is 0. The third-order valence-corrected chi connectivity index (χ3v) is 7.75. The van der Waals surface area contributed by atoms with Gasteiger partial charge in [0, 0.05) is 6.54 Å². The largest absolute Gasteiger partial charge is 0.482 e. The van der Waals surface area contributed by atoms with E-state index < -0.39 is 26.4 Å². The minimum Gasteiger partial charge on any atom is -0.482 e. The molecule has 0 spiro atoms. The number of hydrogen-bond acceptors (Lipinski definition) is 5. The Balaban J connectivity index is 1.47. The fourth-order valence-corrected chi connectivity index (χ4v) is 4.56. The van der Waals surface area contributed by atoms with Crippen LogP contribution in [-0.4, -0.2) is 18.3 Å². The number of benzene rings is 2. The molecule has 1 saturated carbocycles. The van der Waals surface area contributed by atoms with Gasteiger partial charge in [-0.2, -0.15) is 4.39 Å². The molecule has 0 aliphatic heterocycles. The Labute approximate surface area is 179 Å². The number of hydrogen-bond donors (Lipinski definition) is 1. The lowest BCUT2D eigenvalue weighted by atomic mass is 10.0. The lowest BCUT2D eigenvalue weighted by Crippen LogP contribution is -2.33. The molecule has 2 aromatic carbocycles. The molecule has 3 aromatic rings. The van der Waals surface area contributed by atoms with Gasteiger partial charge in [0.25, 0.3) is 0 Å². The van der Waals surface area contributed by atoms with Crippen LogP contribution in [0, 0.1) is 18.6 Å². The SMILES string of the molecule is Cc1noc(COc2cccc(F)c2F)c1-c1ccc(CNS(=O)(=O)C2(C)CC2)cc1. The van der Waals surface area contributed by atoms with Crippen molar-refractivity contribution in [2.24, 2.45) is 0 Å². The van der Waals surface area contributed by atoms with Crippen LogP contribution < -0.4 is 9.46 Å². The van der Waals surface area contributed by atoms with Gasteiger partial charge < -0.3 is 9.26 Å². The lowest BCUT2D eigenvalue weighted by molar-refractivity contribution is 0.238. The van der Waals surface area contributed by atoms with Crippen LogP contribution in [0.2, 0.25) is 0 Å². The van der Waals surface area contributed by atoms with Gasteiger partial charge in [-0.1, -0.05) is 35.5 Å². The van der Waals surface area contributed by atoms with E-state index in [1.807, 2.05) is 24.3 Å². The molecule has 1 N–H and O–H groups in total. The molecule has 4 rings (SSSR count). The number of aromatic nitrogens is 1. The van der Waals surface area contributed by atoms with Crippen molar-refractivity contribution in [1.82, 2.24) is 9.88 Å². The first-order valence-electron chi connectivity index (χ1n) is 9.81. The minimum atomic E-state index is -3.34. The maximum Gasteiger partial charge on any atom is 0.217 e. The van der Waals surface area contributed by atoms with Crippen molar-refractivity contribution < 1.29 is 26.5 Å². The summed E-state index contributed by atoms with van der Waals surface area (Å²) < 4.78 is 64.4. The van der Waals surface area contributed by atoms with Crippen LogP contribution in [0.4, 0.5) is 8.78 Å². The summed E-state index contributed by atoms with van der Waals surface area (Å²) in [5.74, 6) is -1.90. The molecule has 9 heteroatoms. The summed E-state index contributed by atoms with van der Waals surface area (Å²) >= 11 is 0. The topological polar surface area (TPSA) is 81.4 Å². The zero-order valence-electron chi connectivity index (χ0n) is 17.1. The quantitative estimate of drug-likeness (QED) is 0.550. The van der Waals surface area contributed by atoms with Gasteiger partial charge in [-0.25, -0.2) is 17.5 Å². The van der Waals surface area contributed by atoms with E-state index in [4.69, 9.17) is 9.26 Å². The molecular weight excluding hydrogens is 426 g/mol. The Kier molecular flexibility index (Phi) is 5.57. The average molecular weight is 448 g/mol. The van der Waals surface area contributed by atoms with E-state index in [1.54, 1.807) is 13.8 Å². The number of sulfonamides is 1. The molecule has 1 aromatic heterocycles.